The molecule has 1 N–H and O–H groups in total. The van der Waals surface area contributed by atoms with Gasteiger partial charge in [0, 0.05) is 24.2 Å². The van der Waals surface area contributed by atoms with Gasteiger partial charge in [-0.3, -0.25) is 9.97 Å². The number of rotatable bonds is 2. The van der Waals surface area contributed by atoms with Gasteiger partial charge in [0.25, 0.3) is 0 Å². The minimum atomic E-state index is -0.967. The molecule has 2 rings (SSSR count). The minimum absolute atomic E-state index is 0.190. The lowest BCUT2D eigenvalue weighted by atomic mass is 10.1. The predicted molar refractivity (Wildman–Crippen MR) is 59.2 cm³/mol. The van der Waals surface area contributed by atoms with E-state index in [1.54, 1.807) is 24.5 Å². The first kappa shape index (κ1) is 10.3. The van der Waals surface area contributed by atoms with Crippen LogP contribution in [-0.4, -0.2) is 21.0 Å². The van der Waals surface area contributed by atoms with Crippen LogP contribution in [0.4, 0.5) is 0 Å². The molecule has 2 aromatic rings. The van der Waals surface area contributed by atoms with Crippen molar-refractivity contribution in [3.05, 3.63) is 47.9 Å². The molecule has 0 radical (unpaired) electrons. The zero-order valence-electron chi connectivity index (χ0n) is 8.71. The zero-order chi connectivity index (χ0) is 11.5. The van der Waals surface area contributed by atoms with Crippen LogP contribution < -0.4 is 0 Å². The van der Waals surface area contributed by atoms with Crippen LogP contribution in [0.1, 0.15) is 15.9 Å². The summed E-state index contributed by atoms with van der Waals surface area (Å²) in [6, 6.07) is 5.11. The Morgan fingerprint density at radius 3 is 2.62 bits per heavy atom. The van der Waals surface area contributed by atoms with Crippen molar-refractivity contribution in [2.24, 2.45) is 0 Å². The molecule has 0 fully saturated rings. The Bertz CT molecular complexity index is 521. The first-order valence-electron chi connectivity index (χ1n) is 4.79. The van der Waals surface area contributed by atoms with Gasteiger partial charge in [0.15, 0.2) is 0 Å². The quantitative estimate of drug-likeness (QED) is 0.831. The Morgan fingerprint density at radius 1 is 1.25 bits per heavy atom. The molecule has 2 heterocycles. The summed E-state index contributed by atoms with van der Waals surface area (Å²) in [5.74, 6) is -0.967. The van der Waals surface area contributed by atoms with Crippen LogP contribution in [0.2, 0.25) is 0 Å². The first-order chi connectivity index (χ1) is 7.68. The number of carbonyl (C=O) groups is 1. The molecular weight excluding hydrogens is 204 g/mol. The second-order valence-electron chi connectivity index (χ2n) is 3.43. The molecule has 0 amide bonds. The van der Waals surface area contributed by atoms with Crippen LogP contribution in [0.3, 0.4) is 0 Å². The lowest BCUT2D eigenvalue weighted by Gasteiger charge is -2.04. The average molecular weight is 214 g/mol. The van der Waals surface area contributed by atoms with Crippen LogP contribution in [0.15, 0.2) is 36.8 Å². The lowest BCUT2D eigenvalue weighted by Crippen LogP contribution is -1.97. The van der Waals surface area contributed by atoms with Gasteiger partial charge in [-0.15, -0.1) is 0 Å². The molecule has 0 aliphatic heterocycles. The van der Waals surface area contributed by atoms with Crippen LogP contribution in [0, 0.1) is 6.92 Å². The van der Waals surface area contributed by atoms with Crippen molar-refractivity contribution >= 4 is 5.97 Å². The fraction of sp³-hybridized carbons (Fsp3) is 0.0833. The smallest absolute Gasteiger partial charge is 0.337 e. The number of hydrogen-bond acceptors (Lipinski definition) is 3. The summed E-state index contributed by atoms with van der Waals surface area (Å²) in [5.41, 5.74) is 2.92. The SMILES string of the molecule is Cc1cnccc1-c1ccc(C(=O)O)cn1. The van der Waals surface area contributed by atoms with Crippen LogP contribution in [0.25, 0.3) is 11.3 Å². The molecule has 0 aromatic carbocycles. The fourth-order valence-electron chi connectivity index (χ4n) is 1.44. The Morgan fingerprint density at radius 2 is 2.06 bits per heavy atom. The molecule has 0 spiro atoms. The fourth-order valence-corrected chi connectivity index (χ4v) is 1.44. The number of pyridine rings is 2. The third-order valence-corrected chi connectivity index (χ3v) is 2.31. The highest BCUT2D eigenvalue weighted by Gasteiger charge is 2.05. The Labute approximate surface area is 92.6 Å². The lowest BCUT2D eigenvalue weighted by molar-refractivity contribution is 0.0696. The van der Waals surface area contributed by atoms with Crippen molar-refractivity contribution in [2.45, 2.75) is 6.92 Å². The third-order valence-electron chi connectivity index (χ3n) is 2.31. The minimum Gasteiger partial charge on any atom is -0.478 e. The largest absolute Gasteiger partial charge is 0.478 e. The van der Waals surface area contributed by atoms with Gasteiger partial charge in [-0.05, 0) is 30.7 Å². The van der Waals surface area contributed by atoms with Gasteiger partial charge in [-0.1, -0.05) is 0 Å². The van der Waals surface area contributed by atoms with Gasteiger partial charge in [0.2, 0.25) is 0 Å². The molecule has 0 aliphatic rings. The summed E-state index contributed by atoms with van der Waals surface area (Å²) in [7, 11) is 0. The monoisotopic (exact) mass is 214 g/mol. The van der Waals surface area contributed by atoms with Crippen LogP contribution >= 0.6 is 0 Å². The molecule has 0 unspecified atom stereocenters. The highest BCUT2D eigenvalue weighted by molar-refractivity contribution is 5.87. The van der Waals surface area contributed by atoms with E-state index in [0.717, 1.165) is 16.8 Å². The molecule has 0 atom stereocenters. The van der Waals surface area contributed by atoms with Crippen molar-refractivity contribution in [2.75, 3.05) is 0 Å². The molecule has 0 bridgehead atoms. The Hall–Kier alpha value is -2.23. The van der Waals surface area contributed by atoms with E-state index >= 15 is 0 Å². The van der Waals surface area contributed by atoms with Crippen molar-refractivity contribution in [1.29, 1.82) is 0 Å². The Balaban J connectivity index is 2.43. The van der Waals surface area contributed by atoms with Gasteiger partial charge in [-0.25, -0.2) is 4.79 Å². The number of aromatic carboxylic acids is 1. The molecule has 80 valence electrons. The zero-order valence-corrected chi connectivity index (χ0v) is 8.71. The summed E-state index contributed by atoms with van der Waals surface area (Å²) in [6.45, 7) is 1.94. The summed E-state index contributed by atoms with van der Waals surface area (Å²) in [4.78, 5) is 18.8. The normalized spacial score (nSPS) is 10.1. The Kier molecular flexibility index (Phi) is 2.64. The topological polar surface area (TPSA) is 63.1 Å². The van der Waals surface area contributed by atoms with Crippen molar-refractivity contribution < 1.29 is 9.90 Å². The highest BCUT2D eigenvalue weighted by Crippen LogP contribution is 2.19. The van der Waals surface area contributed by atoms with Gasteiger partial charge in [0.05, 0.1) is 11.3 Å². The third kappa shape index (κ3) is 1.91. The van der Waals surface area contributed by atoms with E-state index in [1.165, 1.54) is 6.20 Å². The maximum absolute atomic E-state index is 10.7. The molecule has 0 saturated carbocycles. The van der Waals surface area contributed by atoms with Crippen LogP contribution in [0.5, 0.6) is 0 Å². The number of hydrogen-bond donors (Lipinski definition) is 1. The number of aryl methyl sites for hydroxylation is 1. The van der Waals surface area contributed by atoms with E-state index in [1.807, 2.05) is 13.0 Å². The van der Waals surface area contributed by atoms with Crippen molar-refractivity contribution in [1.82, 2.24) is 9.97 Å². The maximum Gasteiger partial charge on any atom is 0.337 e. The van der Waals surface area contributed by atoms with E-state index < -0.39 is 5.97 Å². The summed E-state index contributed by atoms with van der Waals surface area (Å²) in [6.07, 6.45) is 4.80. The van der Waals surface area contributed by atoms with Gasteiger partial charge in [0.1, 0.15) is 0 Å². The summed E-state index contributed by atoms with van der Waals surface area (Å²) in [5, 5.41) is 8.75. The van der Waals surface area contributed by atoms with E-state index in [0.29, 0.717) is 0 Å². The number of aromatic nitrogens is 2. The molecular formula is C12H10N2O2. The van der Waals surface area contributed by atoms with Gasteiger partial charge in [-0.2, -0.15) is 0 Å². The van der Waals surface area contributed by atoms with Crippen molar-refractivity contribution in [3.63, 3.8) is 0 Å². The maximum atomic E-state index is 10.7. The average Bonchev–Trinajstić information content (AvgIpc) is 2.30. The molecule has 4 nitrogen and oxygen atoms in total. The van der Waals surface area contributed by atoms with Gasteiger partial charge >= 0.3 is 5.97 Å². The molecule has 0 saturated heterocycles. The van der Waals surface area contributed by atoms with E-state index in [-0.39, 0.29) is 5.56 Å². The number of carboxylic acids is 1. The predicted octanol–water partition coefficient (Wildman–Crippen LogP) is 2.15. The van der Waals surface area contributed by atoms with E-state index in [2.05, 4.69) is 9.97 Å². The summed E-state index contributed by atoms with van der Waals surface area (Å²) < 4.78 is 0. The molecule has 4 heteroatoms. The standard InChI is InChI=1S/C12H10N2O2/c1-8-6-13-5-4-10(8)11-3-2-9(7-14-11)12(15)16/h2-7H,1H3,(H,15,16). The summed E-state index contributed by atoms with van der Waals surface area (Å²) >= 11 is 0. The van der Waals surface area contributed by atoms with Crippen molar-refractivity contribution in [3.8, 4) is 11.3 Å². The van der Waals surface area contributed by atoms with Crippen LogP contribution in [-0.2, 0) is 0 Å². The first-order valence-corrected chi connectivity index (χ1v) is 4.79. The number of nitrogens with zero attached hydrogens (tertiary/aromatic N) is 2. The number of carboxylic acid groups (broad SMARTS) is 1. The van der Waals surface area contributed by atoms with E-state index in [9.17, 15) is 4.79 Å². The highest BCUT2D eigenvalue weighted by atomic mass is 16.4. The molecule has 2 aromatic heterocycles. The second kappa shape index (κ2) is 4.10. The van der Waals surface area contributed by atoms with Gasteiger partial charge < -0.3 is 5.11 Å². The second-order valence-corrected chi connectivity index (χ2v) is 3.43. The molecule has 16 heavy (non-hydrogen) atoms. The molecule has 0 aliphatic carbocycles. The van der Waals surface area contributed by atoms with E-state index in [4.69, 9.17) is 5.11 Å².